The molecule has 1 aliphatic rings. The number of halogens is 3. The lowest BCUT2D eigenvalue weighted by atomic mass is 10.3. The molecule has 0 saturated heterocycles. The van der Waals surface area contributed by atoms with Crippen LogP contribution in [0.1, 0.15) is 48.2 Å². The summed E-state index contributed by atoms with van der Waals surface area (Å²) < 4.78 is 38.8. The number of thioether (sulfide) groups is 1. The van der Waals surface area contributed by atoms with Gasteiger partial charge in [-0.1, -0.05) is 19.8 Å². The zero-order valence-electron chi connectivity index (χ0n) is 11.4. The molecular weight excluding hydrogens is 305 g/mol. The molecule has 0 spiro atoms. The number of thiazole rings is 1. The van der Waals surface area contributed by atoms with Gasteiger partial charge in [-0.2, -0.15) is 24.9 Å². The van der Waals surface area contributed by atoms with Gasteiger partial charge >= 0.3 is 6.18 Å². The average Bonchev–Trinajstić information content (AvgIpc) is 3.02. The lowest BCUT2D eigenvalue weighted by molar-refractivity contribution is -0.141. The highest BCUT2D eigenvalue weighted by Crippen LogP contribution is 2.37. The van der Waals surface area contributed by atoms with Crippen LogP contribution >= 0.6 is 23.1 Å². The summed E-state index contributed by atoms with van der Waals surface area (Å²) in [7, 11) is 0. The fourth-order valence-electron chi connectivity index (χ4n) is 2.29. The molecule has 1 fully saturated rings. The van der Waals surface area contributed by atoms with Crippen LogP contribution < -0.4 is 5.32 Å². The summed E-state index contributed by atoms with van der Waals surface area (Å²) >= 11 is 2.95. The first-order valence-electron chi connectivity index (χ1n) is 6.88. The SMILES string of the molecule is CCNCc1sc(CSC2CCCC2)nc1C(F)(F)F. The minimum absolute atomic E-state index is 0.247. The Bertz CT molecular complexity index is 426. The number of alkyl halides is 3. The fraction of sp³-hybridized carbons (Fsp3) is 0.769. The first kappa shape index (κ1) is 16.1. The van der Waals surface area contributed by atoms with Gasteiger partial charge in [0.25, 0.3) is 0 Å². The van der Waals surface area contributed by atoms with Gasteiger partial charge in [-0.05, 0) is 19.4 Å². The first-order valence-corrected chi connectivity index (χ1v) is 8.75. The van der Waals surface area contributed by atoms with Crippen LogP contribution in [0.15, 0.2) is 0 Å². The number of nitrogens with one attached hydrogen (secondary N) is 1. The molecule has 0 unspecified atom stereocenters. The van der Waals surface area contributed by atoms with Crippen molar-refractivity contribution in [2.24, 2.45) is 0 Å². The van der Waals surface area contributed by atoms with E-state index in [9.17, 15) is 13.2 Å². The maximum Gasteiger partial charge on any atom is 0.434 e. The number of aromatic nitrogens is 1. The van der Waals surface area contributed by atoms with Crippen LogP contribution in [0.25, 0.3) is 0 Å². The van der Waals surface area contributed by atoms with Gasteiger partial charge in [-0.25, -0.2) is 4.98 Å². The maximum atomic E-state index is 12.9. The number of hydrogen-bond donors (Lipinski definition) is 1. The van der Waals surface area contributed by atoms with Gasteiger partial charge in [0.15, 0.2) is 5.69 Å². The van der Waals surface area contributed by atoms with E-state index in [1.807, 2.05) is 6.92 Å². The summed E-state index contributed by atoms with van der Waals surface area (Å²) in [5, 5.41) is 4.15. The normalized spacial score (nSPS) is 17.0. The average molecular weight is 324 g/mol. The molecule has 1 aliphatic carbocycles. The quantitative estimate of drug-likeness (QED) is 0.837. The summed E-state index contributed by atoms with van der Waals surface area (Å²) in [5.74, 6) is 0.602. The topological polar surface area (TPSA) is 24.9 Å². The van der Waals surface area contributed by atoms with Gasteiger partial charge in [0.2, 0.25) is 0 Å². The Morgan fingerprint density at radius 2 is 2.05 bits per heavy atom. The summed E-state index contributed by atoms with van der Waals surface area (Å²) in [6.45, 7) is 2.78. The second-order valence-electron chi connectivity index (χ2n) is 4.87. The van der Waals surface area contributed by atoms with Gasteiger partial charge in [-0.15, -0.1) is 11.3 Å². The lowest BCUT2D eigenvalue weighted by Gasteiger charge is -2.06. The predicted molar refractivity (Wildman–Crippen MR) is 78.0 cm³/mol. The van der Waals surface area contributed by atoms with E-state index in [2.05, 4.69) is 10.3 Å². The van der Waals surface area contributed by atoms with Crippen molar-refractivity contribution in [1.29, 1.82) is 0 Å². The maximum absolute atomic E-state index is 12.9. The van der Waals surface area contributed by atoms with Crippen LogP contribution in [0.2, 0.25) is 0 Å². The molecule has 1 heterocycles. The Morgan fingerprint density at radius 1 is 1.35 bits per heavy atom. The van der Waals surface area contributed by atoms with E-state index >= 15 is 0 Å². The largest absolute Gasteiger partial charge is 0.434 e. The van der Waals surface area contributed by atoms with Gasteiger partial charge in [0.05, 0.1) is 4.88 Å². The molecule has 0 aromatic carbocycles. The highest BCUT2D eigenvalue weighted by Gasteiger charge is 2.37. The van der Waals surface area contributed by atoms with Crippen molar-refractivity contribution in [3.63, 3.8) is 0 Å². The van der Waals surface area contributed by atoms with Crippen molar-refractivity contribution in [3.8, 4) is 0 Å². The summed E-state index contributed by atoms with van der Waals surface area (Å²) in [4.78, 5) is 4.13. The third kappa shape index (κ3) is 4.36. The van der Waals surface area contributed by atoms with Crippen LogP contribution in [0.5, 0.6) is 0 Å². The van der Waals surface area contributed by atoms with Gasteiger partial charge in [0, 0.05) is 17.5 Å². The molecule has 0 amide bonds. The minimum atomic E-state index is -4.35. The second kappa shape index (κ2) is 7.13. The molecule has 1 aromatic heterocycles. The molecule has 0 radical (unpaired) electrons. The van der Waals surface area contributed by atoms with Crippen molar-refractivity contribution in [2.75, 3.05) is 6.54 Å². The highest BCUT2D eigenvalue weighted by atomic mass is 32.2. The van der Waals surface area contributed by atoms with Crippen molar-refractivity contribution < 1.29 is 13.2 Å². The molecule has 1 N–H and O–H groups in total. The smallest absolute Gasteiger partial charge is 0.312 e. The minimum Gasteiger partial charge on any atom is -0.312 e. The molecular formula is C13H19F3N2S2. The van der Waals surface area contributed by atoms with Crippen molar-refractivity contribution in [2.45, 2.75) is 56.3 Å². The third-order valence-electron chi connectivity index (χ3n) is 3.29. The summed E-state index contributed by atoms with van der Waals surface area (Å²) in [6, 6.07) is 0. The molecule has 1 aromatic rings. The zero-order valence-corrected chi connectivity index (χ0v) is 13.1. The molecule has 7 heteroatoms. The van der Waals surface area contributed by atoms with Crippen molar-refractivity contribution >= 4 is 23.1 Å². The van der Waals surface area contributed by atoms with Crippen LogP contribution in [0.3, 0.4) is 0 Å². The summed E-state index contributed by atoms with van der Waals surface area (Å²) in [6.07, 6.45) is 0.514. The number of hydrogen-bond acceptors (Lipinski definition) is 4. The van der Waals surface area contributed by atoms with E-state index in [0.717, 1.165) is 0 Å². The van der Waals surface area contributed by atoms with Crippen LogP contribution in [0.4, 0.5) is 13.2 Å². The first-order chi connectivity index (χ1) is 9.50. The van der Waals surface area contributed by atoms with E-state index < -0.39 is 11.9 Å². The lowest BCUT2D eigenvalue weighted by Crippen LogP contribution is -2.15. The van der Waals surface area contributed by atoms with E-state index in [0.29, 0.717) is 27.4 Å². The molecule has 0 aliphatic heterocycles. The Balaban J connectivity index is 2.03. The predicted octanol–water partition coefficient (Wildman–Crippen LogP) is 4.45. The second-order valence-corrected chi connectivity index (χ2v) is 7.33. The zero-order chi connectivity index (χ0) is 14.6. The van der Waals surface area contributed by atoms with Gasteiger partial charge in [-0.3, -0.25) is 0 Å². The molecule has 2 nitrogen and oxygen atoms in total. The standard InChI is InChI=1S/C13H19F3N2S2/c1-2-17-7-10-12(13(14,15)16)18-11(20-10)8-19-9-5-3-4-6-9/h9,17H,2-8H2,1H3. The van der Waals surface area contributed by atoms with E-state index in [4.69, 9.17) is 0 Å². The Labute approximate surface area is 125 Å². The van der Waals surface area contributed by atoms with Crippen molar-refractivity contribution in [3.05, 3.63) is 15.6 Å². The number of nitrogens with zero attached hydrogens (tertiary/aromatic N) is 1. The molecule has 114 valence electrons. The van der Waals surface area contributed by atoms with Crippen LogP contribution in [-0.2, 0) is 18.5 Å². The van der Waals surface area contributed by atoms with Gasteiger partial charge in [0.1, 0.15) is 5.01 Å². The molecule has 1 saturated carbocycles. The van der Waals surface area contributed by atoms with Crippen LogP contribution in [0, 0.1) is 0 Å². The molecule has 0 atom stereocenters. The highest BCUT2D eigenvalue weighted by molar-refractivity contribution is 7.99. The van der Waals surface area contributed by atoms with Crippen molar-refractivity contribution in [1.82, 2.24) is 10.3 Å². The third-order valence-corrected chi connectivity index (χ3v) is 5.91. The van der Waals surface area contributed by atoms with Crippen LogP contribution in [-0.4, -0.2) is 16.8 Å². The van der Waals surface area contributed by atoms with E-state index in [1.54, 1.807) is 11.8 Å². The van der Waals surface area contributed by atoms with E-state index in [-0.39, 0.29) is 6.54 Å². The molecule has 20 heavy (non-hydrogen) atoms. The Morgan fingerprint density at radius 3 is 2.65 bits per heavy atom. The Kier molecular flexibility index (Phi) is 5.74. The molecule has 0 bridgehead atoms. The monoisotopic (exact) mass is 324 g/mol. The van der Waals surface area contributed by atoms with E-state index in [1.165, 1.54) is 37.0 Å². The number of rotatable bonds is 6. The summed E-state index contributed by atoms with van der Waals surface area (Å²) in [5.41, 5.74) is -0.703. The molecule has 2 rings (SSSR count). The Hall–Kier alpha value is -0.270. The fourth-order valence-corrected chi connectivity index (χ4v) is 4.69. The van der Waals surface area contributed by atoms with Gasteiger partial charge < -0.3 is 5.32 Å².